The molecule has 1 aromatic rings. The lowest BCUT2D eigenvalue weighted by molar-refractivity contribution is 0.267. The largest absolute Gasteiger partial charge is 0.508 e. The minimum atomic E-state index is -0.750. The van der Waals surface area contributed by atoms with E-state index in [0.717, 1.165) is 12.8 Å². The fraction of sp³-hybridized carbons (Fsp3) is 0.667. The van der Waals surface area contributed by atoms with E-state index in [1.165, 1.54) is 0 Å². The summed E-state index contributed by atoms with van der Waals surface area (Å²) in [6.07, 6.45) is 1.86. The van der Waals surface area contributed by atoms with Crippen LogP contribution in [0.5, 0.6) is 5.75 Å². The van der Waals surface area contributed by atoms with E-state index in [4.69, 9.17) is 84.9 Å². The molecule has 27 heavy (non-hydrogen) atoms. The molecule has 0 amide bonds. The van der Waals surface area contributed by atoms with Gasteiger partial charge in [0.25, 0.3) is 0 Å². The minimum absolute atomic E-state index is 0.322. The summed E-state index contributed by atoms with van der Waals surface area (Å²) in [5.41, 5.74) is 0. The molecule has 0 atom stereocenters. The smallest absolute Gasteiger partial charge is 0.180 e. The summed E-state index contributed by atoms with van der Waals surface area (Å²) in [5.74, 6) is 1.62. The molecule has 164 valence electrons. The van der Waals surface area contributed by atoms with E-state index < -0.39 is 8.59 Å². The van der Waals surface area contributed by atoms with Crippen LogP contribution in [-0.4, -0.2) is 37.1 Å². The normalized spacial score (nSPS) is 9.33. The van der Waals surface area contributed by atoms with Gasteiger partial charge in [0.15, 0.2) is 8.59 Å². The Labute approximate surface area is 194 Å². The predicted molar refractivity (Wildman–Crippen MR) is 124 cm³/mol. The van der Waals surface area contributed by atoms with Crippen molar-refractivity contribution in [2.45, 2.75) is 49.1 Å². The van der Waals surface area contributed by atoms with E-state index in [1.807, 2.05) is 6.07 Å². The maximum absolute atomic E-state index is 8.63. The van der Waals surface area contributed by atoms with E-state index in [-0.39, 0.29) is 0 Å². The average molecular weight is 509 g/mol. The molecule has 3 N–H and O–H groups in total. The third-order valence-electron chi connectivity index (χ3n) is 2.17. The summed E-state index contributed by atoms with van der Waals surface area (Å²) in [5, 5.41) is 25.1. The fourth-order valence-corrected chi connectivity index (χ4v) is 0.944. The molecule has 1 aromatic carbocycles. The molecular weight excluding hydrogens is 477 g/mol. The number of hydrogen-bond acceptors (Lipinski definition) is 3. The minimum Gasteiger partial charge on any atom is -0.508 e. The zero-order chi connectivity index (χ0) is 22.3. The first-order valence-corrected chi connectivity index (χ1v) is 10.8. The molecule has 0 spiro atoms. The lowest BCUT2D eigenvalue weighted by Gasteiger charge is -1.95. The molecule has 0 aromatic heterocycles. The Balaban J connectivity index is -0.000000125. The first-order valence-electron chi connectivity index (χ1n) is 8.20. The molecule has 0 bridgehead atoms. The molecule has 0 saturated heterocycles. The lowest BCUT2D eigenvalue weighted by Crippen LogP contribution is -1.89. The molecule has 0 unspecified atom stereocenters. The molecule has 0 aliphatic rings. The van der Waals surface area contributed by atoms with Crippen LogP contribution in [0.3, 0.4) is 0 Å². The summed E-state index contributed by atoms with van der Waals surface area (Å²) in [7, 11) is 0. The highest BCUT2D eigenvalue weighted by atomic mass is 35.6. The number of aliphatic hydroxyl groups is 2. The number of phenols is 1. The van der Waals surface area contributed by atoms with Crippen LogP contribution < -0.4 is 0 Å². The molecule has 0 aliphatic heterocycles. The topological polar surface area (TPSA) is 60.7 Å². The maximum Gasteiger partial charge on any atom is 0.180 e. The summed E-state index contributed by atoms with van der Waals surface area (Å²) in [4.78, 5) is 0. The molecule has 0 fully saturated rings. The highest BCUT2D eigenvalue weighted by Gasteiger charge is 1.87. The number of aliphatic hydroxyl groups excluding tert-OH is 2. The molecule has 9 heteroatoms. The SMILES string of the molecule is CC(C)CCO.CC(C)CCO.ClC(Cl)Cl.ClC(Cl)Cl.Oc1ccccc1. The van der Waals surface area contributed by atoms with Gasteiger partial charge in [0.1, 0.15) is 5.75 Å². The first kappa shape index (κ1) is 35.1. The quantitative estimate of drug-likeness (QED) is 0.371. The second-order valence-electron chi connectivity index (χ2n) is 5.64. The van der Waals surface area contributed by atoms with Crippen molar-refractivity contribution in [1.82, 2.24) is 0 Å². The maximum atomic E-state index is 8.63. The Morgan fingerprint density at radius 3 is 1.00 bits per heavy atom. The van der Waals surface area contributed by atoms with Crippen molar-refractivity contribution in [3.63, 3.8) is 0 Å². The molecule has 0 saturated carbocycles. The van der Waals surface area contributed by atoms with Gasteiger partial charge >= 0.3 is 0 Å². The van der Waals surface area contributed by atoms with Crippen LogP contribution in [0.15, 0.2) is 30.3 Å². The number of phenolic OH excluding ortho intramolecular Hbond substituents is 1. The third kappa shape index (κ3) is 75.4. The fourth-order valence-electron chi connectivity index (χ4n) is 0.944. The van der Waals surface area contributed by atoms with Crippen LogP contribution in [0.2, 0.25) is 0 Å². The van der Waals surface area contributed by atoms with Gasteiger partial charge in [0.05, 0.1) is 0 Å². The van der Waals surface area contributed by atoms with Crippen LogP contribution in [0.4, 0.5) is 0 Å². The molecule has 0 radical (unpaired) electrons. The Hall–Kier alpha value is 0.680. The summed E-state index contributed by atoms with van der Waals surface area (Å²) < 4.78 is -1.50. The Kier molecular flexibility index (Phi) is 37.6. The lowest BCUT2D eigenvalue weighted by atomic mass is 10.2. The Bertz CT molecular complexity index is 331. The summed E-state index contributed by atoms with van der Waals surface area (Å²) >= 11 is 28.8. The van der Waals surface area contributed by atoms with Gasteiger partial charge in [0, 0.05) is 13.2 Å². The van der Waals surface area contributed by atoms with Crippen LogP contribution in [-0.2, 0) is 0 Å². The predicted octanol–water partition coefficient (Wildman–Crippen LogP) is 7.41. The monoisotopic (exact) mass is 506 g/mol. The van der Waals surface area contributed by atoms with E-state index in [1.54, 1.807) is 24.3 Å². The highest BCUT2D eigenvalue weighted by Crippen LogP contribution is 2.04. The number of benzene rings is 1. The van der Waals surface area contributed by atoms with E-state index in [9.17, 15) is 0 Å². The number of alkyl halides is 6. The van der Waals surface area contributed by atoms with Crippen LogP contribution in [0, 0.1) is 11.8 Å². The van der Waals surface area contributed by atoms with Gasteiger partial charge in [-0.05, 0) is 36.8 Å². The van der Waals surface area contributed by atoms with Crippen LogP contribution in [0.25, 0.3) is 0 Å². The van der Waals surface area contributed by atoms with E-state index >= 15 is 0 Å². The molecule has 0 aliphatic carbocycles. The molecular formula is C18H32Cl6O3. The van der Waals surface area contributed by atoms with Crippen molar-refractivity contribution in [3.05, 3.63) is 30.3 Å². The summed E-state index contributed by atoms with van der Waals surface area (Å²) in [6.45, 7) is 9.04. The molecule has 3 nitrogen and oxygen atoms in total. The number of hydrogen-bond donors (Lipinski definition) is 3. The van der Waals surface area contributed by atoms with Crippen LogP contribution >= 0.6 is 69.6 Å². The standard InChI is InChI=1S/C6H6O.2C5H12O.2CHCl3/c7-6-4-2-1-3-5-6;2*1-5(2)3-4-6;2*2-1(3)4/h1-5,7H;2*5-6H,3-4H2,1-2H3;2*1H. The Morgan fingerprint density at radius 1 is 0.667 bits per heavy atom. The zero-order valence-corrected chi connectivity index (χ0v) is 20.7. The number of rotatable bonds is 4. The van der Waals surface area contributed by atoms with Gasteiger partial charge < -0.3 is 15.3 Å². The second-order valence-corrected chi connectivity index (χ2v) is 9.60. The molecule has 1 rings (SSSR count). The van der Waals surface area contributed by atoms with Gasteiger partial charge in [0.2, 0.25) is 0 Å². The third-order valence-corrected chi connectivity index (χ3v) is 2.17. The van der Waals surface area contributed by atoms with Gasteiger partial charge in [-0.3, -0.25) is 0 Å². The summed E-state index contributed by atoms with van der Waals surface area (Å²) in [6, 6.07) is 8.71. The van der Waals surface area contributed by atoms with Gasteiger partial charge in [-0.1, -0.05) is 115 Å². The van der Waals surface area contributed by atoms with Crippen molar-refractivity contribution in [2.24, 2.45) is 11.8 Å². The van der Waals surface area contributed by atoms with Crippen molar-refractivity contribution >= 4 is 69.6 Å². The zero-order valence-electron chi connectivity index (χ0n) is 16.1. The van der Waals surface area contributed by atoms with Gasteiger partial charge in [-0.15, -0.1) is 0 Å². The van der Waals surface area contributed by atoms with E-state index in [0.29, 0.717) is 30.8 Å². The molecule has 0 heterocycles. The first-order chi connectivity index (χ1) is 12.4. The van der Waals surface area contributed by atoms with E-state index in [2.05, 4.69) is 27.7 Å². The number of aromatic hydroxyl groups is 1. The number of halogens is 6. The second kappa shape index (κ2) is 28.9. The van der Waals surface area contributed by atoms with Crippen molar-refractivity contribution in [2.75, 3.05) is 13.2 Å². The van der Waals surface area contributed by atoms with Gasteiger partial charge in [-0.2, -0.15) is 0 Å². The van der Waals surface area contributed by atoms with Crippen molar-refractivity contribution in [1.29, 1.82) is 0 Å². The van der Waals surface area contributed by atoms with Gasteiger partial charge in [-0.25, -0.2) is 0 Å². The van der Waals surface area contributed by atoms with Crippen molar-refractivity contribution < 1.29 is 15.3 Å². The average Bonchev–Trinajstić information content (AvgIpc) is 2.47. The van der Waals surface area contributed by atoms with Crippen LogP contribution in [0.1, 0.15) is 40.5 Å². The Morgan fingerprint density at radius 2 is 0.926 bits per heavy atom. The number of para-hydroxylation sites is 1. The van der Waals surface area contributed by atoms with Crippen molar-refractivity contribution in [3.8, 4) is 5.75 Å². The highest BCUT2D eigenvalue weighted by molar-refractivity contribution is 6.63.